The van der Waals surface area contributed by atoms with Gasteiger partial charge in [0.1, 0.15) is 32.1 Å². The average Bonchev–Trinajstić information content (AvgIpc) is 3.48. The Hall–Kier alpha value is -4.85. The smallest absolute Gasteiger partial charge is 0.306 e. The number of methoxy groups -OCH3 is 3. The van der Waals surface area contributed by atoms with Gasteiger partial charge in [0.05, 0.1) is 26.4 Å². The number of hydrogen-bond acceptors (Lipinski definition) is 16. The highest BCUT2D eigenvalue weighted by Gasteiger charge is 2.16. The zero-order chi connectivity index (χ0) is 59.9. The average molecular weight is 1170 g/mol. The predicted molar refractivity (Wildman–Crippen MR) is 337 cm³/mol. The molecule has 0 aliphatic heterocycles. The second-order valence-corrected chi connectivity index (χ2v) is 19.6. The van der Waals surface area contributed by atoms with Crippen LogP contribution in [0.25, 0.3) is 0 Å². The summed E-state index contributed by atoms with van der Waals surface area (Å²) in [5, 5.41) is 3.44. The molecule has 0 aromatic heterocycles. The van der Waals surface area contributed by atoms with E-state index in [0.29, 0.717) is 45.7 Å². The molecule has 0 radical (unpaired) electrons. The molecule has 2 N–H and O–H groups in total. The molecule has 0 aliphatic rings. The Morgan fingerprint density at radius 3 is 1.35 bits per heavy atom. The Bertz CT molecular complexity index is 1910. The molecule has 4 aromatic carbocycles. The fraction of sp³-hybridized carbons (Fsp3) is 0.576. The van der Waals surface area contributed by atoms with Gasteiger partial charge in [-0.05, 0) is 139 Å². The number of esters is 2. The lowest BCUT2D eigenvalue weighted by atomic mass is 10.1. The highest BCUT2D eigenvalue weighted by Crippen LogP contribution is 2.09. The number of carbonyl (C=O) groups is 4. The molecular formula is C66H108N2O13S. The second kappa shape index (κ2) is 65.3. The normalized spacial score (nSPS) is 10.9. The van der Waals surface area contributed by atoms with Gasteiger partial charge in [0.25, 0.3) is 0 Å². The number of unbranched alkanes of at least 4 members (excludes halogenated alkanes) is 4. The third-order valence-corrected chi connectivity index (χ3v) is 11.8. The first-order chi connectivity index (χ1) is 39.6. The Balaban J connectivity index is -0.00000151. The minimum Gasteiger partial charge on any atom is -0.457 e. The van der Waals surface area contributed by atoms with Crippen LogP contribution in [0.15, 0.2) is 121 Å². The molecule has 0 aliphatic carbocycles. The first-order valence-electron chi connectivity index (χ1n) is 28.7. The van der Waals surface area contributed by atoms with Gasteiger partial charge in [0.15, 0.2) is 0 Å². The Kier molecular flexibility index (Phi) is 64.8. The lowest BCUT2D eigenvalue weighted by Crippen LogP contribution is -2.28. The summed E-state index contributed by atoms with van der Waals surface area (Å²) in [5.74, 6) is 0.403. The molecule has 4 aromatic rings. The molecule has 2 atom stereocenters. The molecule has 0 heterocycles. The van der Waals surface area contributed by atoms with Gasteiger partial charge >= 0.3 is 11.9 Å². The number of aldehydes is 1. The number of hydrogen-bond donors (Lipinski definition) is 2. The maximum absolute atomic E-state index is 12.3. The monoisotopic (exact) mass is 1170 g/mol. The fourth-order valence-electron chi connectivity index (χ4n) is 7.42. The second-order valence-electron chi connectivity index (χ2n) is 19.0. The molecule has 0 fully saturated rings. The third kappa shape index (κ3) is 57.0. The summed E-state index contributed by atoms with van der Waals surface area (Å²) >= 11 is 0.917. The molecule has 0 amide bonds. The minimum absolute atomic E-state index is 0. The van der Waals surface area contributed by atoms with Crippen LogP contribution >= 0.6 is 12.0 Å². The zero-order valence-corrected chi connectivity index (χ0v) is 51.3. The van der Waals surface area contributed by atoms with E-state index in [1.54, 1.807) is 28.4 Å². The van der Waals surface area contributed by atoms with Crippen LogP contribution in [0.4, 0.5) is 0 Å². The Morgan fingerprint density at radius 1 is 0.561 bits per heavy atom. The molecule has 0 bridgehead atoms. The van der Waals surface area contributed by atoms with Gasteiger partial charge < -0.3 is 62.3 Å². The summed E-state index contributed by atoms with van der Waals surface area (Å²) in [7, 11) is 10.5. The Labute approximate surface area is 500 Å². The van der Waals surface area contributed by atoms with Crippen LogP contribution in [0.1, 0.15) is 120 Å². The summed E-state index contributed by atoms with van der Waals surface area (Å²) in [6, 6.07) is 41.2. The molecule has 15 nitrogen and oxygen atoms in total. The van der Waals surface area contributed by atoms with Crippen LogP contribution in [0.3, 0.4) is 0 Å². The van der Waals surface area contributed by atoms with Crippen molar-refractivity contribution in [3.8, 4) is 0 Å². The number of rotatable bonds is 41. The molecule has 82 heavy (non-hydrogen) atoms. The molecule has 4 rings (SSSR count). The number of nitrogens with zero attached hydrogens (tertiary/aromatic N) is 1. The zero-order valence-electron chi connectivity index (χ0n) is 50.5. The van der Waals surface area contributed by atoms with Crippen LogP contribution < -0.4 is 5.32 Å². The topological polar surface area (TPSA) is 178 Å². The maximum Gasteiger partial charge on any atom is 0.306 e. The van der Waals surface area contributed by atoms with Gasteiger partial charge in [0.2, 0.25) is 0 Å². The number of nitrogens with one attached hydrogen (secondary N) is 1. The van der Waals surface area contributed by atoms with Crippen LogP contribution in [-0.2, 0) is 82.8 Å². The molecule has 16 heteroatoms. The van der Waals surface area contributed by atoms with E-state index in [1.807, 2.05) is 87.6 Å². The van der Waals surface area contributed by atoms with Crippen molar-refractivity contribution in [1.82, 2.24) is 10.2 Å². The largest absolute Gasteiger partial charge is 0.457 e. The van der Waals surface area contributed by atoms with Crippen molar-refractivity contribution < 1.29 is 61.6 Å². The summed E-state index contributed by atoms with van der Waals surface area (Å²) in [5.41, 5.74) is 5.26. The van der Waals surface area contributed by atoms with Gasteiger partial charge in [-0.2, -0.15) is 0 Å². The van der Waals surface area contributed by atoms with Gasteiger partial charge in [-0.15, -0.1) is 0 Å². The van der Waals surface area contributed by atoms with Crippen molar-refractivity contribution in [3.05, 3.63) is 144 Å². The summed E-state index contributed by atoms with van der Waals surface area (Å²) < 4.78 is 50.9. The lowest BCUT2D eigenvalue weighted by Gasteiger charge is -2.17. The first kappa shape index (κ1) is 81.4. The molecule has 0 saturated carbocycles. The molecule has 0 spiro atoms. The number of aryl methyl sites for hydroxylation is 4. The highest BCUT2D eigenvalue weighted by atomic mass is 32.2. The van der Waals surface area contributed by atoms with E-state index in [2.05, 4.69) is 76.5 Å². The van der Waals surface area contributed by atoms with Gasteiger partial charge in [0, 0.05) is 66.7 Å². The standard InChI is InChI=1S/C39H61NO9.C9H10O.C9H12.C5H13NOS.C2H6O.CH2O.CH4/c1-43-29-36(31-45-27-15-21-34-17-7-3-8-18-34)48-38(41)23-11-5-13-25-40-26-14-6-12-24-39(42)49-37(30-44-2)32-47-33-46-28-16-22-35-19-9-4-10-20-35;10-8-4-7-9-5-2-1-3-6-9;1-2-6-9-7-4-3-5-8-9;1-6(2)4-3-5-8-7;1-3-2;1-2;/h3-4,7-10,17-20,36-37,40H,5-6,11-16,21-33H2,1-2H3;1-3,5-6,8H,4,7H2;3-5,7-8H,2,6H2,1H3;7H,3-5H2,1-2H3;1-2H3;1H2;1H4. The van der Waals surface area contributed by atoms with Gasteiger partial charge in [-0.3, -0.25) is 9.59 Å². The van der Waals surface area contributed by atoms with E-state index in [9.17, 15) is 14.4 Å². The van der Waals surface area contributed by atoms with E-state index < -0.39 is 6.10 Å². The van der Waals surface area contributed by atoms with Crippen molar-refractivity contribution >= 4 is 37.1 Å². The van der Waals surface area contributed by atoms with Crippen LogP contribution in [0.2, 0.25) is 0 Å². The summed E-state index contributed by atoms with van der Waals surface area (Å²) in [6.07, 6.45) is 15.1. The SMILES string of the molecule is C.C=O.CCCc1ccccc1.CN(C)CCCSO.COC.COCC(COCCCc1ccccc1)OC(=O)CCCCCNCCCCCC(=O)OC(COC)COCOCCCc1ccccc1.O=CCCc1ccccc1. The highest BCUT2D eigenvalue weighted by molar-refractivity contribution is 7.93. The molecule has 0 saturated heterocycles. The van der Waals surface area contributed by atoms with Crippen molar-refractivity contribution in [2.75, 3.05) is 114 Å². The van der Waals surface area contributed by atoms with Gasteiger partial charge in [-0.1, -0.05) is 155 Å². The summed E-state index contributed by atoms with van der Waals surface area (Å²) in [6.45, 7) is 9.63. The van der Waals surface area contributed by atoms with Crippen molar-refractivity contribution in [3.63, 3.8) is 0 Å². The molecular weight excluding hydrogens is 1060 g/mol. The van der Waals surface area contributed by atoms with E-state index >= 15 is 0 Å². The van der Waals surface area contributed by atoms with E-state index in [-0.39, 0.29) is 45.5 Å². The number of carbonyl (C=O) groups excluding carboxylic acids is 4. The predicted octanol–water partition coefficient (Wildman–Crippen LogP) is 12.4. The van der Waals surface area contributed by atoms with Gasteiger partial charge in [-0.25, -0.2) is 0 Å². The number of ether oxygens (including phenoxy) is 8. The third-order valence-electron chi connectivity index (χ3n) is 11.4. The van der Waals surface area contributed by atoms with Crippen molar-refractivity contribution in [2.24, 2.45) is 0 Å². The molecule has 466 valence electrons. The maximum atomic E-state index is 12.3. The first-order valence-corrected chi connectivity index (χ1v) is 29.6. The van der Waals surface area contributed by atoms with Crippen molar-refractivity contribution in [2.45, 2.75) is 136 Å². The number of benzene rings is 4. The Morgan fingerprint density at radius 2 is 0.963 bits per heavy atom. The van der Waals surface area contributed by atoms with Crippen LogP contribution in [0, 0.1) is 0 Å². The lowest BCUT2D eigenvalue weighted by molar-refractivity contribution is -0.160. The fourth-order valence-corrected chi connectivity index (χ4v) is 7.68. The van der Waals surface area contributed by atoms with E-state index in [1.165, 1.54) is 35.1 Å². The quantitative estimate of drug-likeness (QED) is 0.0141. The van der Waals surface area contributed by atoms with Crippen LogP contribution in [0.5, 0.6) is 0 Å². The van der Waals surface area contributed by atoms with E-state index in [4.69, 9.17) is 42.5 Å². The van der Waals surface area contributed by atoms with E-state index in [0.717, 1.165) is 121 Å². The van der Waals surface area contributed by atoms with Crippen molar-refractivity contribution in [1.29, 1.82) is 0 Å². The van der Waals surface area contributed by atoms with Crippen LogP contribution in [-0.4, -0.2) is 161 Å². The molecule has 2 unspecified atom stereocenters. The minimum atomic E-state index is -0.449. The summed E-state index contributed by atoms with van der Waals surface area (Å²) in [4.78, 5) is 44.7.